The molecule has 7 heteroatoms. The largest absolute Gasteiger partial charge is 0.497 e. The van der Waals surface area contributed by atoms with Crippen LogP contribution in [-0.4, -0.2) is 44.0 Å². The van der Waals surface area contributed by atoms with Crippen LogP contribution >= 0.6 is 11.6 Å². The van der Waals surface area contributed by atoms with Gasteiger partial charge < -0.3 is 19.7 Å². The number of benzene rings is 2. The minimum Gasteiger partial charge on any atom is -0.497 e. The Labute approximate surface area is 151 Å². The number of hydrogen-bond acceptors (Lipinski definition) is 4. The highest BCUT2D eigenvalue weighted by molar-refractivity contribution is 6.30. The standard InChI is InChI=1S/C18H19ClN2O4/c1-21(11-17(22)20-14-5-3-13(19)4-6-14)18(23)12-25-16-9-7-15(24-2)8-10-16/h3-10H,11-12H2,1-2H3,(H,20,22). The van der Waals surface area contributed by atoms with Crippen LogP contribution in [0, 0.1) is 0 Å². The summed E-state index contributed by atoms with van der Waals surface area (Å²) < 4.78 is 10.5. The first-order valence-electron chi connectivity index (χ1n) is 7.54. The number of ether oxygens (including phenoxy) is 2. The molecular weight excluding hydrogens is 344 g/mol. The third-order valence-electron chi connectivity index (χ3n) is 3.36. The summed E-state index contributed by atoms with van der Waals surface area (Å²) in [7, 11) is 3.12. The number of carbonyl (C=O) groups is 2. The normalized spacial score (nSPS) is 10.0. The average Bonchev–Trinajstić information content (AvgIpc) is 2.62. The van der Waals surface area contributed by atoms with Crippen molar-refractivity contribution in [1.82, 2.24) is 4.90 Å². The van der Waals surface area contributed by atoms with Crippen molar-refractivity contribution >= 4 is 29.1 Å². The van der Waals surface area contributed by atoms with Crippen molar-refractivity contribution < 1.29 is 19.1 Å². The van der Waals surface area contributed by atoms with Crippen LogP contribution in [0.15, 0.2) is 48.5 Å². The van der Waals surface area contributed by atoms with Crippen LogP contribution in [0.3, 0.4) is 0 Å². The van der Waals surface area contributed by atoms with Crippen LogP contribution < -0.4 is 14.8 Å². The lowest BCUT2D eigenvalue weighted by Crippen LogP contribution is -2.37. The van der Waals surface area contributed by atoms with E-state index in [9.17, 15) is 9.59 Å². The van der Waals surface area contributed by atoms with Crippen LogP contribution in [0.4, 0.5) is 5.69 Å². The van der Waals surface area contributed by atoms with E-state index >= 15 is 0 Å². The van der Waals surface area contributed by atoms with E-state index in [0.29, 0.717) is 22.2 Å². The maximum Gasteiger partial charge on any atom is 0.260 e. The van der Waals surface area contributed by atoms with Crippen molar-refractivity contribution in [2.75, 3.05) is 32.6 Å². The number of halogens is 1. The summed E-state index contributed by atoms with van der Waals surface area (Å²) >= 11 is 5.79. The van der Waals surface area contributed by atoms with Crippen molar-refractivity contribution in [2.24, 2.45) is 0 Å². The highest BCUT2D eigenvalue weighted by atomic mass is 35.5. The average molecular weight is 363 g/mol. The lowest BCUT2D eigenvalue weighted by molar-refractivity contribution is -0.135. The Hall–Kier alpha value is -2.73. The van der Waals surface area contributed by atoms with E-state index in [1.165, 1.54) is 4.90 Å². The smallest absolute Gasteiger partial charge is 0.260 e. The molecule has 0 fully saturated rings. The van der Waals surface area contributed by atoms with E-state index in [1.807, 2.05) is 0 Å². The number of carbonyl (C=O) groups excluding carboxylic acids is 2. The molecule has 2 amide bonds. The Bertz CT molecular complexity index is 717. The third-order valence-corrected chi connectivity index (χ3v) is 3.61. The van der Waals surface area contributed by atoms with Crippen molar-refractivity contribution in [3.05, 3.63) is 53.6 Å². The van der Waals surface area contributed by atoms with E-state index in [-0.39, 0.29) is 25.0 Å². The molecule has 0 aromatic heterocycles. The molecule has 2 rings (SSSR count). The lowest BCUT2D eigenvalue weighted by Gasteiger charge is -2.17. The summed E-state index contributed by atoms with van der Waals surface area (Å²) in [5, 5.41) is 3.28. The second-order valence-corrected chi connectivity index (χ2v) is 5.71. The lowest BCUT2D eigenvalue weighted by atomic mass is 10.3. The number of likely N-dealkylation sites (N-methyl/N-ethyl adjacent to an activating group) is 1. The molecule has 1 N–H and O–H groups in total. The van der Waals surface area contributed by atoms with Crippen LogP contribution in [0.5, 0.6) is 11.5 Å². The highest BCUT2D eigenvalue weighted by Crippen LogP contribution is 2.17. The van der Waals surface area contributed by atoms with Gasteiger partial charge in [0.25, 0.3) is 5.91 Å². The summed E-state index contributed by atoms with van der Waals surface area (Å²) in [6, 6.07) is 13.6. The fraction of sp³-hybridized carbons (Fsp3) is 0.222. The zero-order chi connectivity index (χ0) is 18.2. The van der Waals surface area contributed by atoms with Gasteiger partial charge >= 0.3 is 0 Å². The van der Waals surface area contributed by atoms with Gasteiger partial charge in [0.15, 0.2) is 6.61 Å². The van der Waals surface area contributed by atoms with Crippen molar-refractivity contribution in [2.45, 2.75) is 0 Å². The summed E-state index contributed by atoms with van der Waals surface area (Å²) in [5.41, 5.74) is 0.615. The van der Waals surface area contributed by atoms with Crippen LogP contribution in [0.2, 0.25) is 5.02 Å². The number of rotatable bonds is 7. The Morgan fingerprint density at radius 2 is 1.64 bits per heavy atom. The molecule has 6 nitrogen and oxygen atoms in total. The first-order chi connectivity index (χ1) is 12.0. The van der Waals surface area contributed by atoms with Gasteiger partial charge in [0.2, 0.25) is 5.91 Å². The van der Waals surface area contributed by atoms with Crippen LogP contribution in [0.25, 0.3) is 0 Å². The molecule has 0 saturated carbocycles. The van der Waals surface area contributed by atoms with E-state index < -0.39 is 0 Å². The van der Waals surface area contributed by atoms with E-state index in [0.717, 1.165) is 0 Å². The molecule has 0 atom stereocenters. The molecule has 25 heavy (non-hydrogen) atoms. The SMILES string of the molecule is COc1ccc(OCC(=O)N(C)CC(=O)Nc2ccc(Cl)cc2)cc1. The number of amides is 2. The number of nitrogens with zero attached hydrogens (tertiary/aromatic N) is 1. The molecule has 0 aliphatic rings. The van der Waals surface area contributed by atoms with Gasteiger partial charge in [-0.25, -0.2) is 0 Å². The van der Waals surface area contributed by atoms with Crippen molar-refractivity contribution in [3.8, 4) is 11.5 Å². The van der Waals surface area contributed by atoms with Gasteiger partial charge in [-0.3, -0.25) is 9.59 Å². The molecule has 2 aromatic carbocycles. The molecule has 132 valence electrons. The fourth-order valence-electron chi connectivity index (χ4n) is 1.96. The maximum atomic E-state index is 12.1. The molecule has 0 heterocycles. The molecule has 0 aliphatic carbocycles. The summed E-state index contributed by atoms with van der Waals surface area (Å²) in [6.07, 6.45) is 0. The minimum absolute atomic E-state index is 0.0760. The number of hydrogen-bond donors (Lipinski definition) is 1. The fourth-order valence-corrected chi connectivity index (χ4v) is 2.09. The molecule has 0 saturated heterocycles. The van der Waals surface area contributed by atoms with E-state index in [1.54, 1.807) is 62.7 Å². The van der Waals surface area contributed by atoms with Gasteiger partial charge in [0.1, 0.15) is 11.5 Å². The molecule has 0 radical (unpaired) electrons. The second-order valence-electron chi connectivity index (χ2n) is 5.27. The maximum absolute atomic E-state index is 12.1. The first kappa shape index (κ1) is 18.6. The topological polar surface area (TPSA) is 67.9 Å². The minimum atomic E-state index is -0.304. The second kappa shape index (κ2) is 8.94. The Morgan fingerprint density at radius 3 is 2.24 bits per heavy atom. The van der Waals surface area contributed by atoms with E-state index in [2.05, 4.69) is 5.32 Å². The van der Waals surface area contributed by atoms with Crippen LogP contribution in [0.1, 0.15) is 0 Å². The van der Waals surface area contributed by atoms with Crippen molar-refractivity contribution in [3.63, 3.8) is 0 Å². The quantitative estimate of drug-likeness (QED) is 0.822. The molecule has 0 unspecified atom stereocenters. The number of nitrogens with one attached hydrogen (secondary N) is 1. The van der Waals surface area contributed by atoms with Gasteiger partial charge in [-0.05, 0) is 48.5 Å². The Morgan fingerprint density at radius 1 is 1.04 bits per heavy atom. The predicted octanol–water partition coefficient (Wildman–Crippen LogP) is 2.82. The summed E-state index contributed by atoms with van der Waals surface area (Å²) in [5.74, 6) is 0.646. The molecule has 0 aliphatic heterocycles. The first-order valence-corrected chi connectivity index (χ1v) is 7.92. The van der Waals surface area contributed by atoms with E-state index in [4.69, 9.17) is 21.1 Å². The van der Waals surface area contributed by atoms with Gasteiger partial charge in [-0.1, -0.05) is 11.6 Å². The zero-order valence-corrected chi connectivity index (χ0v) is 14.7. The molecule has 0 bridgehead atoms. The van der Waals surface area contributed by atoms with Crippen molar-refractivity contribution in [1.29, 1.82) is 0 Å². The van der Waals surface area contributed by atoms with Gasteiger partial charge in [-0.2, -0.15) is 0 Å². The number of methoxy groups -OCH3 is 1. The third kappa shape index (κ3) is 6.00. The molecule has 0 spiro atoms. The van der Waals surface area contributed by atoms with Crippen LogP contribution in [-0.2, 0) is 9.59 Å². The Balaban J connectivity index is 1.78. The summed E-state index contributed by atoms with van der Waals surface area (Å²) in [6.45, 7) is -0.232. The van der Waals surface area contributed by atoms with Gasteiger partial charge in [0, 0.05) is 17.8 Å². The number of anilines is 1. The van der Waals surface area contributed by atoms with Gasteiger partial charge in [0.05, 0.1) is 13.7 Å². The van der Waals surface area contributed by atoms with Gasteiger partial charge in [-0.15, -0.1) is 0 Å². The highest BCUT2D eigenvalue weighted by Gasteiger charge is 2.14. The zero-order valence-electron chi connectivity index (χ0n) is 14.0. The summed E-state index contributed by atoms with van der Waals surface area (Å²) in [4.78, 5) is 25.3. The predicted molar refractivity (Wildman–Crippen MR) is 96.2 cm³/mol. The molecular formula is C18H19ClN2O4. The molecule has 2 aromatic rings. The Kier molecular flexibility index (Phi) is 6.65. The monoisotopic (exact) mass is 362 g/mol.